The zero-order chi connectivity index (χ0) is 16.9. The summed E-state index contributed by atoms with van der Waals surface area (Å²) in [4.78, 5) is 14.1. The quantitative estimate of drug-likeness (QED) is 0.726. The van der Waals surface area contributed by atoms with Crippen molar-refractivity contribution in [3.63, 3.8) is 0 Å². The van der Waals surface area contributed by atoms with Crippen LogP contribution >= 0.6 is 15.9 Å². The molecule has 1 fully saturated rings. The average molecular weight is 394 g/mol. The van der Waals surface area contributed by atoms with Crippen molar-refractivity contribution in [1.29, 1.82) is 0 Å². The highest BCUT2D eigenvalue weighted by Crippen LogP contribution is 2.27. The molecule has 6 nitrogen and oxygen atoms in total. The number of benzene rings is 1. The number of carbonyl (C=O) groups excluding carboxylic acids is 1. The Morgan fingerprint density at radius 1 is 1.42 bits per heavy atom. The second-order valence-corrected chi connectivity index (χ2v) is 6.66. The summed E-state index contributed by atoms with van der Waals surface area (Å²) in [6.45, 7) is 4.40. The first kappa shape index (κ1) is 17.1. The van der Waals surface area contributed by atoms with Gasteiger partial charge < -0.3 is 9.15 Å². The van der Waals surface area contributed by atoms with Crippen LogP contribution in [0, 0.1) is 5.92 Å². The highest BCUT2D eigenvalue weighted by Gasteiger charge is 2.27. The molecule has 1 aliphatic heterocycles. The minimum Gasteiger partial charge on any atom is -0.466 e. The topological polar surface area (TPSA) is 68.5 Å². The molecular weight excluding hydrogens is 374 g/mol. The average Bonchev–Trinajstić information content (AvgIpc) is 3.04. The third-order valence-electron chi connectivity index (χ3n) is 4.06. The first-order valence-corrected chi connectivity index (χ1v) is 8.93. The molecule has 0 amide bonds. The van der Waals surface area contributed by atoms with Crippen LogP contribution in [-0.2, 0) is 16.1 Å². The smallest absolute Gasteiger partial charge is 0.310 e. The van der Waals surface area contributed by atoms with Crippen LogP contribution in [0.2, 0.25) is 0 Å². The zero-order valence-electron chi connectivity index (χ0n) is 13.6. The standard InChI is InChI=1S/C17H20BrN3O3/c1-2-23-17(22)12-6-5-9-21(10-12)11-15-19-20-16(24-15)13-7-3-4-8-14(13)18/h3-4,7-8,12H,2,5-6,9-11H2,1H3/t12-/m0/s1. The Labute approximate surface area is 149 Å². The lowest BCUT2D eigenvalue weighted by Gasteiger charge is -2.30. The summed E-state index contributed by atoms with van der Waals surface area (Å²) in [5.74, 6) is 0.882. The molecule has 1 aromatic heterocycles. The molecule has 2 heterocycles. The summed E-state index contributed by atoms with van der Waals surface area (Å²) in [6.07, 6.45) is 1.84. The third-order valence-corrected chi connectivity index (χ3v) is 4.75. The number of ether oxygens (including phenoxy) is 1. The molecule has 1 atom stereocenters. The van der Waals surface area contributed by atoms with Crippen LogP contribution in [0.4, 0.5) is 0 Å². The summed E-state index contributed by atoms with van der Waals surface area (Å²) in [5, 5.41) is 8.27. The van der Waals surface area contributed by atoms with Gasteiger partial charge in [-0.25, -0.2) is 0 Å². The summed E-state index contributed by atoms with van der Waals surface area (Å²) in [6, 6.07) is 7.74. The Morgan fingerprint density at radius 2 is 2.25 bits per heavy atom. The van der Waals surface area contributed by atoms with Crippen molar-refractivity contribution in [2.24, 2.45) is 5.92 Å². The molecule has 1 aliphatic rings. The lowest BCUT2D eigenvalue weighted by Crippen LogP contribution is -2.39. The van der Waals surface area contributed by atoms with Crippen molar-refractivity contribution in [1.82, 2.24) is 15.1 Å². The Hall–Kier alpha value is -1.73. The van der Waals surface area contributed by atoms with E-state index in [1.54, 1.807) is 0 Å². The van der Waals surface area contributed by atoms with E-state index in [0.717, 1.165) is 29.4 Å². The van der Waals surface area contributed by atoms with Crippen molar-refractivity contribution in [3.05, 3.63) is 34.6 Å². The molecule has 0 aliphatic carbocycles. The molecule has 0 spiro atoms. The van der Waals surface area contributed by atoms with Crippen molar-refractivity contribution in [2.45, 2.75) is 26.3 Å². The first-order valence-electron chi connectivity index (χ1n) is 8.13. The second kappa shape index (κ2) is 7.90. The molecule has 7 heteroatoms. The largest absolute Gasteiger partial charge is 0.466 e. The van der Waals surface area contributed by atoms with Gasteiger partial charge in [0.15, 0.2) is 0 Å². The van der Waals surface area contributed by atoms with E-state index in [4.69, 9.17) is 9.15 Å². The van der Waals surface area contributed by atoms with Gasteiger partial charge in [0.2, 0.25) is 11.8 Å². The van der Waals surface area contributed by atoms with Crippen LogP contribution in [0.15, 0.2) is 33.2 Å². The summed E-state index contributed by atoms with van der Waals surface area (Å²) < 4.78 is 11.8. The van der Waals surface area contributed by atoms with Crippen LogP contribution in [-0.4, -0.2) is 40.8 Å². The molecule has 1 saturated heterocycles. The number of hydrogen-bond donors (Lipinski definition) is 0. The number of piperidine rings is 1. The molecule has 24 heavy (non-hydrogen) atoms. The highest BCUT2D eigenvalue weighted by molar-refractivity contribution is 9.10. The van der Waals surface area contributed by atoms with E-state index >= 15 is 0 Å². The maximum Gasteiger partial charge on any atom is 0.310 e. The summed E-state index contributed by atoms with van der Waals surface area (Å²) in [7, 11) is 0. The fraction of sp³-hybridized carbons (Fsp3) is 0.471. The minimum absolute atomic E-state index is 0.0654. The van der Waals surface area contributed by atoms with Crippen molar-refractivity contribution < 1.29 is 13.9 Å². The Bertz CT molecular complexity index is 704. The van der Waals surface area contributed by atoms with Gasteiger partial charge in [-0.1, -0.05) is 12.1 Å². The van der Waals surface area contributed by atoms with Gasteiger partial charge >= 0.3 is 5.97 Å². The van der Waals surface area contributed by atoms with Crippen molar-refractivity contribution in [3.8, 4) is 11.5 Å². The SMILES string of the molecule is CCOC(=O)[C@H]1CCCN(Cc2nnc(-c3ccccc3Br)o2)C1. The van der Waals surface area contributed by atoms with Gasteiger partial charge in [0, 0.05) is 11.0 Å². The number of hydrogen-bond acceptors (Lipinski definition) is 6. The lowest BCUT2D eigenvalue weighted by molar-refractivity contribution is -0.150. The van der Waals surface area contributed by atoms with Gasteiger partial charge in [-0.15, -0.1) is 10.2 Å². The van der Waals surface area contributed by atoms with E-state index in [1.165, 1.54) is 0 Å². The predicted octanol–water partition coefficient (Wildman–Crippen LogP) is 3.27. The minimum atomic E-state index is -0.110. The lowest BCUT2D eigenvalue weighted by atomic mass is 9.98. The summed E-state index contributed by atoms with van der Waals surface area (Å²) in [5.41, 5.74) is 0.874. The van der Waals surface area contributed by atoms with Crippen LogP contribution in [0.5, 0.6) is 0 Å². The number of aromatic nitrogens is 2. The van der Waals surface area contributed by atoms with Crippen LogP contribution in [0.3, 0.4) is 0 Å². The number of rotatable bonds is 5. The van der Waals surface area contributed by atoms with Gasteiger partial charge in [-0.3, -0.25) is 9.69 Å². The number of likely N-dealkylation sites (tertiary alicyclic amines) is 1. The van der Waals surface area contributed by atoms with Gasteiger partial charge in [0.25, 0.3) is 0 Å². The second-order valence-electron chi connectivity index (χ2n) is 5.81. The van der Waals surface area contributed by atoms with E-state index in [9.17, 15) is 4.79 Å². The normalized spacial score (nSPS) is 18.5. The van der Waals surface area contributed by atoms with Crippen molar-refractivity contribution in [2.75, 3.05) is 19.7 Å². The van der Waals surface area contributed by atoms with E-state index in [0.29, 0.717) is 31.5 Å². The number of esters is 1. The van der Waals surface area contributed by atoms with E-state index in [-0.39, 0.29) is 11.9 Å². The Morgan fingerprint density at radius 3 is 3.04 bits per heavy atom. The molecule has 0 bridgehead atoms. The number of halogens is 1. The zero-order valence-corrected chi connectivity index (χ0v) is 15.2. The van der Waals surface area contributed by atoms with Gasteiger partial charge in [-0.2, -0.15) is 0 Å². The maximum absolute atomic E-state index is 11.9. The highest BCUT2D eigenvalue weighted by atomic mass is 79.9. The van der Waals surface area contributed by atoms with Crippen LogP contribution in [0.25, 0.3) is 11.5 Å². The van der Waals surface area contributed by atoms with Crippen LogP contribution in [0.1, 0.15) is 25.7 Å². The molecule has 0 saturated carbocycles. The molecule has 0 unspecified atom stereocenters. The maximum atomic E-state index is 11.9. The fourth-order valence-electron chi connectivity index (χ4n) is 2.90. The monoisotopic (exact) mass is 393 g/mol. The van der Waals surface area contributed by atoms with E-state index in [1.807, 2.05) is 31.2 Å². The Kier molecular flexibility index (Phi) is 5.63. The first-order chi connectivity index (χ1) is 11.7. The van der Waals surface area contributed by atoms with E-state index < -0.39 is 0 Å². The molecule has 2 aromatic rings. The van der Waals surface area contributed by atoms with Crippen molar-refractivity contribution >= 4 is 21.9 Å². The van der Waals surface area contributed by atoms with Gasteiger partial charge in [0.05, 0.1) is 24.6 Å². The van der Waals surface area contributed by atoms with Gasteiger partial charge in [0.1, 0.15) is 0 Å². The predicted molar refractivity (Wildman–Crippen MR) is 92.1 cm³/mol. The third kappa shape index (κ3) is 4.02. The van der Waals surface area contributed by atoms with Crippen LogP contribution < -0.4 is 0 Å². The van der Waals surface area contributed by atoms with E-state index in [2.05, 4.69) is 31.0 Å². The molecule has 128 valence electrons. The van der Waals surface area contributed by atoms with Gasteiger partial charge in [-0.05, 0) is 54.4 Å². The molecular formula is C17H20BrN3O3. The molecule has 1 aromatic carbocycles. The number of nitrogens with zero attached hydrogens (tertiary/aromatic N) is 3. The fourth-order valence-corrected chi connectivity index (χ4v) is 3.36. The number of carbonyl (C=O) groups is 1. The Balaban J connectivity index is 1.64. The summed E-state index contributed by atoms with van der Waals surface area (Å²) >= 11 is 3.49. The molecule has 0 N–H and O–H groups in total. The molecule has 0 radical (unpaired) electrons. The molecule has 3 rings (SSSR count).